The van der Waals surface area contributed by atoms with Crippen LogP contribution in [0.5, 0.6) is 0 Å². The Morgan fingerprint density at radius 3 is 2.50 bits per heavy atom. The smallest absolute Gasteiger partial charge is 0.333 e. The van der Waals surface area contributed by atoms with Gasteiger partial charge in [0, 0.05) is 6.54 Å². The number of nitrogens with one attached hydrogen (secondary N) is 1. The number of rotatable bonds is 5. The molecule has 0 radical (unpaired) electrons. The molecule has 7 heteroatoms. The molecule has 6 nitrogen and oxygen atoms in total. The molecular weight excluding hydrogens is 258 g/mol. The van der Waals surface area contributed by atoms with Crippen molar-refractivity contribution in [1.29, 1.82) is 0 Å². The van der Waals surface area contributed by atoms with E-state index in [2.05, 4.69) is 4.72 Å². The lowest BCUT2D eigenvalue weighted by Crippen LogP contribution is -2.36. The van der Waals surface area contributed by atoms with E-state index in [9.17, 15) is 13.2 Å². The van der Waals surface area contributed by atoms with Gasteiger partial charge in [-0.2, -0.15) is 0 Å². The third kappa shape index (κ3) is 3.52. The Morgan fingerprint density at radius 1 is 1.39 bits per heavy atom. The normalized spacial score (nSPS) is 13.3. The molecule has 18 heavy (non-hydrogen) atoms. The van der Waals surface area contributed by atoms with E-state index in [1.54, 1.807) is 19.1 Å². The number of hydrogen-bond donors (Lipinski definition) is 3. The van der Waals surface area contributed by atoms with Gasteiger partial charge in [0.1, 0.15) is 0 Å². The summed E-state index contributed by atoms with van der Waals surface area (Å²) in [5.41, 5.74) is 1.49. The van der Waals surface area contributed by atoms with E-state index in [4.69, 9.17) is 10.2 Å². The summed E-state index contributed by atoms with van der Waals surface area (Å²) in [7, 11) is -3.81. The zero-order valence-electron chi connectivity index (χ0n) is 10.0. The Morgan fingerprint density at radius 2 is 2.00 bits per heavy atom. The van der Waals surface area contributed by atoms with Crippen molar-refractivity contribution < 1.29 is 23.4 Å². The van der Waals surface area contributed by atoms with Crippen LogP contribution in [0.25, 0.3) is 0 Å². The lowest BCUT2D eigenvalue weighted by Gasteiger charge is -2.11. The van der Waals surface area contributed by atoms with Crippen LogP contribution in [-0.2, 0) is 14.8 Å². The summed E-state index contributed by atoms with van der Waals surface area (Å²) in [6.07, 6.45) is -1.76. The predicted octanol–water partition coefficient (Wildman–Crippen LogP) is 0.0272. The average Bonchev–Trinajstić information content (AvgIpc) is 2.25. The number of aliphatic carboxylic acids is 1. The van der Waals surface area contributed by atoms with Gasteiger partial charge < -0.3 is 10.2 Å². The predicted molar refractivity (Wildman–Crippen MR) is 64.7 cm³/mol. The zero-order chi connectivity index (χ0) is 13.9. The number of aryl methyl sites for hydroxylation is 2. The van der Waals surface area contributed by atoms with E-state index in [-0.39, 0.29) is 4.90 Å². The minimum Gasteiger partial charge on any atom is -0.479 e. The van der Waals surface area contributed by atoms with E-state index >= 15 is 0 Å². The molecule has 0 fully saturated rings. The quantitative estimate of drug-likeness (QED) is 0.702. The van der Waals surface area contributed by atoms with Gasteiger partial charge in [-0.1, -0.05) is 17.7 Å². The van der Waals surface area contributed by atoms with Crippen LogP contribution in [0.2, 0.25) is 0 Å². The molecule has 3 N–H and O–H groups in total. The second-order valence-corrected chi connectivity index (χ2v) is 5.71. The lowest BCUT2D eigenvalue weighted by molar-refractivity contribution is -0.146. The van der Waals surface area contributed by atoms with Gasteiger partial charge in [-0.05, 0) is 25.5 Å². The van der Waals surface area contributed by atoms with Crippen molar-refractivity contribution in [3.8, 4) is 0 Å². The maximum atomic E-state index is 11.9. The van der Waals surface area contributed by atoms with Gasteiger partial charge in [0.05, 0.1) is 4.90 Å². The van der Waals surface area contributed by atoms with E-state index in [1.165, 1.54) is 6.07 Å². The van der Waals surface area contributed by atoms with E-state index in [0.717, 1.165) is 5.56 Å². The molecule has 1 aromatic rings. The third-order valence-electron chi connectivity index (χ3n) is 2.37. The maximum Gasteiger partial charge on any atom is 0.333 e. The molecule has 0 amide bonds. The molecule has 0 spiro atoms. The molecule has 0 bridgehead atoms. The molecule has 0 aliphatic heterocycles. The van der Waals surface area contributed by atoms with E-state index in [1.807, 2.05) is 6.92 Å². The largest absolute Gasteiger partial charge is 0.479 e. The fraction of sp³-hybridized carbons (Fsp3) is 0.364. The second-order valence-electron chi connectivity index (χ2n) is 3.97. The second kappa shape index (κ2) is 5.47. The third-order valence-corrected chi connectivity index (χ3v) is 3.96. The molecule has 1 rings (SSSR count). The van der Waals surface area contributed by atoms with Crippen LogP contribution in [0.3, 0.4) is 0 Å². The molecular formula is C11H15NO5S. The number of aliphatic hydroxyl groups is 1. The van der Waals surface area contributed by atoms with E-state index in [0.29, 0.717) is 5.56 Å². The van der Waals surface area contributed by atoms with Gasteiger partial charge in [-0.3, -0.25) is 0 Å². The Kier molecular flexibility index (Phi) is 4.44. The van der Waals surface area contributed by atoms with Crippen LogP contribution in [0.15, 0.2) is 23.1 Å². The first-order chi connectivity index (χ1) is 8.24. The topological polar surface area (TPSA) is 104 Å². The SMILES string of the molecule is Cc1ccc(S(=O)(=O)NC[C@H](O)C(=O)O)c(C)c1. The van der Waals surface area contributed by atoms with Crippen LogP contribution in [0, 0.1) is 13.8 Å². The Hall–Kier alpha value is -1.44. The highest BCUT2D eigenvalue weighted by molar-refractivity contribution is 7.89. The maximum absolute atomic E-state index is 11.9. The van der Waals surface area contributed by atoms with Crippen LogP contribution < -0.4 is 4.72 Å². The summed E-state index contributed by atoms with van der Waals surface area (Å²) >= 11 is 0. The molecule has 0 heterocycles. The van der Waals surface area contributed by atoms with Crippen molar-refractivity contribution in [3.05, 3.63) is 29.3 Å². The minimum absolute atomic E-state index is 0.0747. The molecule has 1 aromatic carbocycles. The zero-order valence-corrected chi connectivity index (χ0v) is 10.9. The Labute approximate surface area is 105 Å². The number of sulfonamides is 1. The molecule has 1 atom stereocenters. The number of carbonyl (C=O) groups is 1. The van der Waals surface area contributed by atoms with Gasteiger partial charge >= 0.3 is 5.97 Å². The van der Waals surface area contributed by atoms with Crippen LogP contribution in [-0.4, -0.2) is 37.2 Å². The summed E-state index contributed by atoms with van der Waals surface area (Å²) in [6.45, 7) is 2.92. The fourth-order valence-corrected chi connectivity index (χ4v) is 2.72. The highest BCUT2D eigenvalue weighted by Crippen LogP contribution is 2.16. The Balaban J connectivity index is 2.90. The molecule has 0 unspecified atom stereocenters. The van der Waals surface area contributed by atoms with Gasteiger partial charge in [-0.25, -0.2) is 17.9 Å². The minimum atomic E-state index is -3.81. The summed E-state index contributed by atoms with van der Waals surface area (Å²) in [5, 5.41) is 17.5. The van der Waals surface area contributed by atoms with Crippen LogP contribution in [0.1, 0.15) is 11.1 Å². The molecule has 0 saturated heterocycles. The van der Waals surface area contributed by atoms with Crippen molar-refractivity contribution in [3.63, 3.8) is 0 Å². The van der Waals surface area contributed by atoms with Crippen molar-refractivity contribution >= 4 is 16.0 Å². The summed E-state index contributed by atoms with van der Waals surface area (Å²) in [6, 6.07) is 4.80. The highest BCUT2D eigenvalue weighted by atomic mass is 32.2. The standard InChI is InChI=1S/C11H15NO5S/c1-7-3-4-10(8(2)5-7)18(16,17)12-6-9(13)11(14)15/h3-5,9,12-13H,6H2,1-2H3,(H,14,15)/t9-/m0/s1. The number of aliphatic hydroxyl groups excluding tert-OH is 1. The summed E-state index contributed by atoms with van der Waals surface area (Å²) < 4.78 is 25.8. The van der Waals surface area contributed by atoms with Gasteiger partial charge in [0.15, 0.2) is 6.10 Å². The van der Waals surface area contributed by atoms with Crippen molar-refractivity contribution in [2.75, 3.05) is 6.54 Å². The summed E-state index contributed by atoms with van der Waals surface area (Å²) in [4.78, 5) is 10.5. The molecule has 100 valence electrons. The van der Waals surface area contributed by atoms with Gasteiger partial charge in [0.25, 0.3) is 0 Å². The first kappa shape index (κ1) is 14.6. The molecule has 0 aliphatic carbocycles. The van der Waals surface area contributed by atoms with Crippen LogP contribution in [0.4, 0.5) is 0 Å². The lowest BCUT2D eigenvalue weighted by atomic mass is 10.2. The summed E-state index contributed by atoms with van der Waals surface area (Å²) in [5.74, 6) is -1.47. The Bertz CT molecular complexity index is 553. The molecule has 0 aromatic heterocycles. The van der Waals surface area contributed by atoms with Crippen molar-refractivity contribution in [2.24, 2.45) is 0 Å². The van der Waals surface area contributed by atoms with E-state index < -0.39 is 28.6 Å². The van der Waals surface area contributed by atoms with Crippen LogP contribution >= 0.6 is 0 Å². The van der Waals surface area contributed by atoms with Gasteiger partial charge in [-0.15, -0.1) is 0 Å². The number of benzene rings is 1. The van der Waals surface area contributed by atoms with Crippen molar-refractivity contribution in [1.82, 2.24) is 4.72 Å². The molecule has 0 aliphatic rings. The number of carboxylic acids is 1. The number of hydrogen-bond acceptors (Lipinski definition) is 4. The first-order valence-electron chi connectivity index (χ1n) is 5.22. The number of carboxylic acid groups (broad SMARTS) is 1. The highest BCUT2D eigenvalue weighted by Gasteiger charge is 2.20. The average molecular weight is 273 g/mol. The van der Waals surface area contributed by atoms with Crippen molar-refractivity contribution in [2.45, 2.75) is 24.8 Å². The first-order valence-corrected chi connectivity index (χ1v) is 6.70. The fourth-order valence-electron chi connectivity index (χ4n) is 1.45. The van der Waals surface area contributed by atoms with Gasteiger partial charge in [0.2, 0.25) is 10.0 Å². The monoisotopic (exact) mass is 273 g/mol. The molecule has 0 saturated carbocycles.